The van der Waals surface area contributed by atoms with Gasteiger partial charge in [0.2, 0.25) is 0 Å². The van der Waals surface area contributed by atoms with Crippen LogP contribution in [-0.4, -0.2) is 29.5 Å². The summed E-state index contributed by atoms with van der Waals surface area (Å²) >= 11 is 0. The Labute approximate surface area is 117 Å². The molecular weight excluding hydrogens is 234 g/mol. The third-order valence-electron chi connectivity index (χ3n) is 3.95. The lowest BCUT2D eigenvalue weighted by atomic mass is 9.92. The molecule has 0 aromatic carbocycles. The Hall–Kier alpha value is -1.09. The maximum absolute atomic E-state index is 4.66. The molecule has 0 saturated carbocycles. The first kappa shape index (κ1) is 14.3. The van der Waals surface area contributed by atoms with E-state index in [1.807, 2.05) is 6.07 Å². The summed E-state index contributed by atoms with van der Waals surface area (Å²) in [4.78, 5) is 7.21. The zero-order chi connectivity index (χ0) is 13.5. The maximum atomic E-state index is 4.66. The van der Waals surface area contributed by atoms with Crippen molar-refractivity contribution < 1.29 is 0 Å². The van der Waals surface area contributed by atoms with Gasteiger partial charge in [-0.1, -0.05) is 25.8 Å². The van der Waals surface area contributed by atoms with Crippen molar-refractivity contribution in [2.24, 2.45) is 5.92 Å². The smallest absolute Gasteiger partial charge is 0.126 e. The molecule has 2 heterocycles. The fourth-order valence-corrected chi connectivity index (χ4v) is 2.92. The minimum Gasteiger partial charge on any atom is -0.370 e. The molecular formula is C16H27N3. The van der Waals surface area contributed by atoms with Gasteiger partial charge in [0.1, 0.15) is 5.82 Å². The van der Waals surface area contributed by atoms with E-state index >= 15 is 0 Å². The summed E-state index contributed by atoms with van der Waals surface area (Å²) in [6.07, 6.45) is 5.46. The Morgan fingerprint density at radius 3 is 2.74 bits per heavy atom. The highest BCUT2D eigenvalue weighted by Gasteiger charge is 2.18. The van der Waals surface area contributed by atoms with Crippen LogP contribution in [0.5, 0.6) is 0 Å². The average molecular weight is 261 g/mol. The number of piperidine rings is 1. The molecule has 0 unspecified atom stereocenters. The largest absolute Gasteiger partial charge is 0.370 e. The van der Waals surface area contributed by atoms with E-state index in [4.69, 9.17) is 0 Å². The van der Waals surface area contributed by atoms with E-state index in [1.165, 1.54) is 44.5 Å². The Kier molecular flexibility index (Phi) is 5.64. The van der Waals surface area contributed by atoms with Gasteiger partial charge in [-0.15, -0.1) is 0 Å². The van der Waals surface area contributed by atoms with Crippen LogP contribution in [0.4, 0.5) is 5.82 Å². The van der Waals surface area contributed by atoms with Crippen molar-refractivity contribution in [3.8, 4) is 0 Å². The first-order valence-electron chi connectivity index (χ1n) is 7.74. The van der Waals surface area contributed by atoms with Crippen molar-refractivity contribution >= 4 is 5.82 Å². The molecule has 19 heavy (non-hydrogen) atoms. The number of rotatable bonds is 6. The summed E-state index contributed by atoms with van der Waals surface area (Å²) in [7, 11) is 0. The fraction of sp³-hybridized carbons (Fsp3) is 0.688. The molecule has 1 aliphatic rings. The molecule has 0 radical (unpaired) electrons. The van der Waals surface area contributed by atoms with E-state index in [-0.39, 0.29) is 0 Å². The number of likely N-dealkylation sites (tertiary alicyclic amines) is 1. The zero-order valence-electron chi connectivity index (χ0n) is 12.4. The van der Waals surface area contributed by atoms with Crippen LogP contribution in [-0.2, 0) is 6.54 Å². The van der Waals surface area contributed by atoms with Crippen LogP contribution < -0.4 is 5.32 Å². The molecule has 1 saturated heterocycles. The minimum atomic E-state index is 0.929. The van der Waals surface area contributed by atoms with Crippen molar-refractivity contribution in [3.63, 3.8) is 0 Å². The van der Waals surface area contributed by atoms with E-state index in [0.717, 1.165) is 24.8 Å². The molecule has 1 aromatic rings. The summed E-state index contributed by atoms with van der Waals surface area (Å²) in [6, 6.07) is 6.28. The van der Waals surface area contributed by atoms with Crippen molar-refractivity contribution in [3.05, 3.63) is 23.9 Å². The van der Waals surface area contributed by atoms with Crippen LogP contribution in [0.2, 0.25) is 0 Å². The molecule has 1 aliphatic heterocycles. The Bertz CT molecular complexity index is 370. The Balaban J connectivity index is 1.83. The van der Waals surface area contributed by atoms with Crippen LogP contribution in [0.25, 0.3) is 0 Å². The third kappa shape index (κ3) is 4.50. The number of pyridine rings is 1. The lowest BCUT2D eigenvalue weighted by Gasteiger charge is -2.31. The second-order valence-electron chi connectivity index (χ2n) is 5.55. The van der Waals surface area contributed by atoms with Gasteiger partial charge < -0.3 is 5.32 Å². The van der Waals surface area contributed by atoms with Gasteiger partial charge in [0.15, 0.2) is 0 Å². The van der Waals surface area contributed by atoms with Gasteiger partial charge in [0.25, 0.3) is 0 Å². The maximum Gasteiger partial charge on any atom is 0.126 e. The van der Waals surface area contributed by atoms with Crippen molar-refractivity contribution in [2.75, 3.05) is 25.0 Å². The lowest BCUT2D eigenvalue weighted by Crippen LogP contribution is -2.33. The first-order valence-corrected chi connectivity index (χ1v) is 7.74. The number of hydrogen-bond donors (Lipinski definition) is 1. The summed E-state index contributed by atoms with van der Waals surface area (Å²) in [5.41, 5.74) is 1.19. The lowest BCUT2D eigenvalue weighted by molar-refractivity contribution is 0.170. The van der Waals surface area contributed by atoms with Gasteiger partial charge in [-0.05, 0) is 50.9 Å². The summed E-state index contributed by atoms with van der Waals surface area (Å²) in [6.45, 7) is 8.79. The van der Waals surface area contributed by atoms with Gasteiger partial charge in [-0.2, -0.15) is 0 Å². The quantitative estimate of drug-likeness (QED) is 0.849. The Morgan fingerprint density at radius 2 is 2.05 bits per heavy atom. The summed E-state index contributed by atoms with van der Waals surface area (Å²) in [5, 5.41) is 3.28. The van der Waals surface area contributed by atoms with Gasteiger partial charge in [-0.25, -0.2) is 4.98 Å². The van der Waals surface area contributed by atoms with Gasteiger partial charge in [0.05, 0.1) is 5.69 Å². The van der Waals surface area contributed by atoms with Crippen LogP contribution in [0.3, 0.4) is 0 Å². The van der Waals surface area contributed by atoms with Crippen molar-refractivity contribution in [2.45, 2.75) is 46.1 Å². The molecule has 0 amide bonds. The zero-order valence-corrected chi connectivity index (χ0v) is 12.4. The number of anilines is 1. The molecule has 1 N–H and O–H groups in total. The summed E-state index contributed by atoms with van der Waals surface area (Å²) in [5.74, 6) is 1.96. The molecule has 3 nitrogen and oxygen atoms in total. The van der Waals surface area contributed by atoms with E-state index in [9.17, 15) is 0 Å². The van der Waals surface area contributed by atoms with E-state index < -0.39 is 0 Å². The molecule has 106 valence electrons. The third-order valence-corrected chi connectivity index (χ3v) is 3.95. The monoisotopic (exact) mass is 261 g/mol. The van der Waals surface area contributed by atoms with Crippen LogP contribution >= 0.6 is 0 Å². The van der Waals surface area contributed by atoms with Gasteiger partial charge in [0, 0.05) is 13.1 Å². The highest BCUT2D eigenvalue weighted by molar-refractivity contribution is 5.34. The fourth-order valence-electron chi connectivity index (χ4n) is 2.92. The molecule has 1 fully saturated rings. The van der Waals surface area contributed by atoms with Crippen molar-refractivity contribution in [1.29, 1.82) is 0 Å². The second-order valence-corrected chi connectivity index (χ2v) is 5.55. The standard InChI is InChI=1S/C16H27N3/c1-3-6-14-9-11-19(12-10-14)13-15-7-5-8-16(18-15)17-4-2/h5,7-8,14H,3-4,6,9-13H2,1-2H3,(H,17,18). The van der Waals surface area contributed by atoms with Crippen molar-refractivity contribution in [1.82, 2.24) is 9.88 Å². The predicted octanol–water partition coefficient (Wildman–Crippen LogP) is 3.53. The highest BCUT2D eigenvalue weighted by atomic mass is 15.1. The molecule has 0 aliphatic carbocycles. The Morgan fingerprint density at radius 1 is 1.26 bits per heavy atom. The average Bonchev–Trinajstić information content (AvgIpc) is 2.42. The predicted molar refractivity (Wildman–Crippen MR) is 81.3 cm³/mol. The first-order chi connectivity index (χ1) is 9.31. The van der Waals surface area contributed by atoms with E-state index in [0.29, 0.717) is 0 Å². The highest BCUT2D eigenvalue weighted by Crippen LogP contribution is 2.22. The molecule has 1 aromatic heterocycles. The molecule has 0 bridgehead atoms. The number of hydrogen-bond acceptors (Lipinski definition) is 3. The van der Waals surface area contributed by atoms with Gasteiger partial charge in [-0.3, -0.25) is 4.90 Å². The molecule has 3 heteroatoms. The van der Waals surface area contributed by atoms with E-state index in [1.54, 1.807) is 0 Å². The van der Waals surface area contributed by atoms with E-state index in [2.05, 4.69) is 41.2 Å². The second kappa shape index (κ2) is 7.49. The number of aromatic nitrogens is 1. The topological polar surface area (TPSA) is 28.2 Å². The minimum absolute atomic E-state index is 0.929. The van der Waals surface area contributed by atoms with Crippen LogP contribution in [0.1, 0.15) is 45.2 Å². The molecule has 2 rings (SSSR count). The van der Waals surface area contributed by atoms with Crippen LogP contribution in [0.15, 0.2) is 18.2 Å². The SMILES string of the molecule is CCCC1CCN(Cc2cccc(NCC)n2)CC1. The number of nitrogens with zero attached hydrogens (tertiary/aromatic N) is 2. The number of nitrogens with one attached hydrogen (secondary N) is 1. The summed E-state index contributed by atoms with van der Waals surface area (Å²) < 4.78 is 0. The molecule has 0 atom stereocenters. The van der Waals surface area contributed by atoms with Crippen LogP contribution in [0, 0.1) is 5.92 Å². The normalized spacial score (nSPS) is 17.6. The molecule has 0 spiro atoms. The van der Waals surface area contributed by atoms with Gasteiger partial charge >= 0.3 is 0 Å².